The minimum Gasteiger partial charge on any atom is -0.466 e. The van der Waals surface area contributed by atoms with Crippen molar-refractivity contribution in [1.82, 2.24) is 4.98 Å². The number of thiazole rings is 1. The molecule has 0 aromatic carbocycles. The van der Waals surface area contributed by atoms with E-state index in [1.807, 2.05) is 18.4 Å². The van der Waals surface area contributed by atoms with Crippen LogP contribution in [-0.2, 0) is 9.53 Å². The normalized spacial score (nSPS) is 10.5. The average molecular weight is 353 g/mol. The van der Waals surface area contributed by atoms with Crippen LogP contribution in [0.5, 0.6) is 0 Å². The summed E-state index contributed by atoms with van der Waals surface area (Å²) in [6.45, 7) is 4.64. The number of nitrogens with one attached hydrogen (secondary N) is 1. The third-order valence-corrected chi connectivity index (χ3v) is 5.11. The van der Waals surface area contributed by atoms with Gasteiger partial charge in [-0.05, 0) is 37.3 Å². The van der Waals surface area contributed by atoms with E-state index in [4.69, 9.17) is 10.5 Å². The number of ether oxygens (including phenoxy) is 1. The molecule has 2 aromatic rings. The quantitative estimate of drug-likeness (QED) is 0.430. The van der Waals surface area contributed by atoms with Crippen molar-refractivity contribution in [2.45, 2.75) is 26.7 Å². The average Bonchev–Trinajstić information content (AvgIpc) is 3.09. The first kappa shape index (κ1) is 17.4. The molecule has 0 unspecified atom stereocenters. The van der Waals surface area contributed by atoms with Gasteiger partial charge in [-0.25, -0.2) is 4.98 Å². The molecular formula is C15H19N3O3S2. The Morgan fingerprint density at radius 2 is 2.17 bits per heavy atom. The minimum absolute atomic E-state index is 0.0907. The van der Waals surface area contributed by atoms with E-state index in [2.05, 4.69) is 10.3 Å². The molecule has 0 saturated carbocycles. The first-order valence-electron chi connectivity index (χ1n) is 7.27. The van der Waals surface area contributed by atoms with Gasteiger partial charge >= 0.3 is 5.97 Å². The van der Waals surface area contributed by atoms with Gasteiger partial charge in [0.1, 0.15) is 10.7 Å². The second-order valence-corrected chi connectivity index (χ2v) is 6.75. The minimum atomic E-state index is -0.211. The van der Waals surface area contributed by atoms with Gasteiger partial charge in [0.25, 0.3) is 0 Å². The Morgan fingerprint density at radius 3 is 2.83 bits per heavy atom. The van der Waals surface area contributed by atoms with Crippen molar-refractivity contribution in [3.63, 3.8) is 0 Å². The van der Waals surface area contributed by atoms with Gasteiger partial charge in [-0.3, -0.25) is 9.59 Å². The fourth-order valence-corrected chi connectivity index (χ4v) is 3.73. The van der Waals surface area contributed by atoms with Crippen molar-refractivity contribution in [3.05, 3.63) is 26.8 Å². The molecule has 0 aliphatic heterocycles. The lowest BCUT2D eigenvalue weighted by Crippen LogP contribution is -2.08. The highest BCUT2D eigenvalue weighted by atomic mass is 32.1. The maximum absolute atomic E-state index is 12.5. The number of rotatable bonds is 8. The van der Waals surface area contributed by atoms with Crippen molar-refractivity contribution >= 4 is 45.4 Å². The van der Waals surface area contributed by atoms with Crippen LogP contribution in [-0.4, -0.2) is 29.9 Å². The molecule has 0 amide bonds. The van der Waals surface area contributed by atoms with E-state index in [9.17, 15) is 9.59 Å². The fourth-order valence-electron chi connectivity index (χ4n) is 1.94. The van der Waals surface area contributed by atoms with Crippen LogP contribution in [0, 0.1) is 6.92 Å². The molecule has 2 aromatic heterocycles. The van der Waals surface area contributed by atoms with Crippen LogP contribution in [0.15, 0.2) is 11.4 Å². The summed E-state index contributed by atoms with van der Waals surface area (Å²) in [6.07, 6.45) is 0.980. The number of ketones is 1. The molecule has 8 heteroatoms. The first-order chi connectivity index (χ1) is 11.0. The maximum atomic E-state index is 12.5. The van der Waals surface area contributed by atoms with Crippen LogP contribution in [0.4, 0.5) is 10.9 Å². The molecule has 124 valence electrons. The Morgan fingerprint density at radius 1 is 1.39 bits per heavy atom. The molecule has 0 aliphatic carbocycles. The molecule has 2 heterocycles. The van der Waals surface area contributed by atoms with Gasteiger partial charge < -0.3 is 15.8 Å². The highest BCUT2D eigenvalue weighted by Gasteiger charge is 2.20. The highest BCUT2D eigenvalue weighted by molar-refractivity contribution is 7.19. The largest absolute Gasteiger partial charge is 0.466 e. The van der Waals surface area contributed by atoms with Crippen molar-refractivity contribution in [1.29, 1.82) is 0 Å². The summed E-state index contributed by atoms with van der Waals surface area (Å²) in [5, 5.41) is 5.56. The van der Waals surface area contributed by atoms with Gasteiger partial charge in [-0.15, -0.1) is 11.3 Å². The lowest BCUT2D eigenvalue weighted by Gasteiger charge is -2.02. The molecule has 0 spiro atoms. The monoisotopic (exact) mass is 353 g/mol. The number of hydrogen-bond acceptors (Lipinski definition) is 8. The zero-order valence-corrected chi connectivity index (χ0v) is 14.7. The third-order valence-electron chi connectivity index (χ3n) is 3.07. The van der Waals surface area contributed by atoms with Crippen LogP contribution in [0.1, 0.15) is 39.9 Å². The lowest BCUT2D eigenvalue weighted by atomic mass is 10.2. The molecule has 2 rings (SSSR count). The van der Waals surface area contributed by atoms with Gasteiger partial charge in [0.2, 0.25) is 5.78 Å². The van der Waals surface area contributed by atoms with E-state index in [1.165, 1.54) is 22.7 Å². The molecule has 0 radical (unpaired) electrons. The number of nitrogens with two attached hydrogens (primary N) is 1. The van der Waals surface area contributed by atoms with Crippen molar-refractivity contribution in [3.8, 4) is 0 Å². The maximum Gasteiger partial charge on any atom is 0.305 e. The van der Waals surface area contributed by atoms with Crippen LogP contribution >= 0.6 is 22.7 Å². The Bertz CT molecular complexity index is 694. The predicted molar refractivity (Wildman–Crippen MR) is 93.4 cm³/mol. The molecule has 0 saturated heterocycles. The topological polar surface area (TPSA) is 94.3 Å². The third kappa shape index (κ3) is 4.52. The summed E-state index contributed by atoms with van der Waals surface area (Å²) in [6, 6.07) is 1.91. The Kier molecular flexibility index (Phi) is 6.12. The summed E-state index contributed by atoms with van der Waals surface area (Å²) >= 11 is 2.64. The number of carbonyl (C=O) groups is 2. The number of aryl methyl sites for hydroxylation is 1. The van der Waals surface area contributed by atoms with Gasteiger partial charge in [-0.2, -0.15) is 0 Å². The highest BCUT2D eigenvalue weighted by Crippen LogP contribution is 2.30. The van der Waals surface area contributed by atoms with Gasteiger partial charge in [-0.1, -0.05) is 11.3 Å². The molecule has 0 bridgehead atoms. The second-order valence-electron chi connectivity index (χ2n) is 4.83. The zero-order chi connectivity index (χ0) is 16.8. The van der Waals surface area contributed by atoms with E-state index in [0.29, 0.717) is 40.9 Å². The molecule has 0 aliphatic rings. The molecule has 0 atom stereocenters. The van der Waals surface area contributed by atoms with E-state index < -0.39 is 0 Å². The predicted octanol–water partition coefficient (Wildman–Crippen LogP) is 3.08. The summed E-state index contributed by atoms with van der Waals surface area (Å²) in [5.41, 5.74) is 6.80. The fraction of sp³-hybridized carbons (Fsp3) is 0.400. The number of nitrogen functional groups attached to an aromatic ring is 1. The number of anilines is 2. The Balaban J connectivity index is 1.92. The number of carbonyl (C=O) groups excluding carboxylic acids is 2. The second kappa shape index (κ2) is 8.07. The number of esters is 1. The summed E-state index contributed by atoms with van der Waals surface area (Å²) in [4.78, 5) is 29.0. The van der Waals surface area contributed by atoms with Crippen LogP contribution in [0.25, 0.3) is 0 Å². The standard InChI is InChI=1S/C15H19N3O3S2/c1-3-21-10(19)5-4-7-17-15-18-14(16)13(23-15)11(20)12-9(2)6-8-22-12/h6,8H,3-5,7,16H2,1-2H3,(H,17,18). The molecular weight excluding hydrogens is 334 g/mol. The lowest BCUT2D eigenvalue weighted by molar-refractivity contribution is -0.143. The number of hydrogen-bond donors (Lipinski definition) is 2. The van der Waals surface area contributed by atoms with E-state index in [0.717, 1.165) is 5.56 Å². The van der Waals surface area contributed by atoms with E-state index in [1.54, 1.807) is 6.92 Å². The zero-order valence-electron chi connectivity index (χ0n) is 13.0. The van der Waals surface area contributed by atoms with Gasteiger partial charge in [0.05, 0.1) is 11.5 Å². The smallest absolute Gasteiger partial charge is 0.305 e. The Labute approximate surface area is 142 Å². The van der Waals surface area contributed by atoms with Crippen LogP contribution in [0.3, 0.4) is 0 Å². The molecule has 23 heavy (non-hydrogen) atoms. The number of nitrogens with zero attached hydrogens (tertiary/aromatic N) is 1. The van der Waals surface area contributed by atoms with E-state index >= 15 is 0 Å². The Hall–Kier alpha value is -1.93. The van der Waals surface area contributed by atoms with Gasteiger partial charge in [0.15, 0.2) is 5.13 Å². The van der Waals surface area contributed by atoms with E-state index in [-0.39, 0.29) is 17.6 Å². The molecule has 3 N–H and O–H groups in total. The summed E-state index contributed by atoms with van der Waals surface area (Å²) in [5.74, 6) is -0.0650. The summed E-state index contributed by atoms with van der Waals surface area (Å²) < 4.78 is 4.86. The van der Waals surface area contributed by atoms with Crippen LogP contribution < -0.4 is 11.1 Å². The first-order valence-corrected chi connectivity index (χ1v) is 8.97. The number of thiophene rings is 1. The molecule has 0 fully saturated rings. The summed E-state index contributed by atoms with van der Waals surface area (Å²) in [7, 11) is 0. The SMILES string of the molecule is CCOC(=O)CCCNc1nc(N)c(C(=O)c2sccc2C)s1. The van der Waals surface area contributed by atoms with Crippen molar-refractivity contribution in [2.24, 2.45) is 0 Å². The van der Waals surface area contributed by atoms with Crippen molar-refractivity contribution in [2.75, 3.05) is 24.2 Å². The van der Waals surface area contributed by atoms with Gasteiger partial charge in [0, 0.05) is 13.0 Å². The van der Waals surface area contributed by atoms with Crippen LogP contribution in [0.2, 0.25) is 0 Å². The number of aromatic nitrogens is 1. The van der Waals surface area contributed by atoms with Crippen molar-refractivity contribution < 1.29 is 14.3 Å². The molecule has 6 nitrogen and oxygen atoms in total.